The zero-order valence-corrected chi connectivity index (χ0v) is 12.1. The Balaban J connectivity index is 1.70. The van der Waals surface area contributed by atoms with E-state index in [1.165, 1.54) is 0 Å². The van der Waals surface area contributed by atoms with E-state index < -0.39 is 0 Å². The molecule has 1 heterocycles. The molecule has 20 heavy (non-hydrogen) atoms. The topological polar surface area (TPSA) is 57.8 Å². The lowest BCUT2D eigenvalue weighted by molar-refractivity contribution is 0.0951. The quantitative estimate of drug-likeness (QED) is 0.774. The van der Waals surface area contributed by atoms with Crippen molar-refractivity contribution in [3.63, 3.8) is 0 Å². The van der Waals surface area contributed by atoms with Gasteiger partial charge in [-0.1, -0.05) is 28.1 Å². The molecule has 5 heteroatoms. The number of halogens is 1. The lowest BCUT2D eigenvalue weighted by atomic mass is 10.1. The van der Waals surface area contributed by atoms with Crippen molar-refractivity contribution in [3.05, 3.63) is 64.4 Å². The standard InChI is InChI=1S/C15H12BrN3O/c16-12-4-1-10(2-5-12)8-17-15(20)11-3-6-13-14(7-11)19-9-18-13/h1-7,9H,8H2,(H,17,20)(H,18,19). The Hall–Kier alpha value is -2.14. The summed E-state index contributed by atoms with van der Waals surface area (Å²) in [5.41, 5.74) is 3.40. The number of amides is 1. The maximum absolute atomic E-state index is 12.1. The normalized spacial score (nSPS) is 10.7. The Morgan fingerprint density at radius 3 is 2.80 bits per heavy atom. The number of carbonyl (C=O) groups is 1. The number of fused-ring (bicyclic) bond motifs is 1. The van der Waals surface area contributed by atoms with Gasteiger partial charge in [0.15, 0.2) is 0 Å². The molecule has 0 fully saturated rings. The minimum absolute atomic E-state index is 0.0931. The van der Waals surface area contributed by atoms with Crippen molar-refractivity contribution in [2.45, 2.75) is 6.54 Å². The van der Waals surface area contributed by atoms with Crippen LogP contribution in [-0.4, -0.2) is 15.9 Å². The Morgan fingerprint density at radius 1 is 1.20 bits per heavy atom. The fourth-order valence-electron chi connectivity index (χ4n) is 1.96. The van der Waals surface area contributed by atoms with Gasteiger partial charge in [-0.05, 0) is 35.9 Å². The van der Waals surface area contributed by atoms with Crippen LogP contribution in [0.25, 0.3) is 11.0 Å². The predicted octanol–water partition coefficient (Wildman–Crippen LogP) is 3.26. The number of carbonyl (C=O) groups excluding carboxylic acids is 1. The number of benzene rings is 2. The summed E-state index contributed by atoms with van der Waals surface area (Å²) in [7, 11) is 0. The highest BCUT2D eigenvalue weighted by molar-refractivity contribution is 9.10. The first kappa shape index (κ1) is 12.9. The van der Waals surface area contributed by atoms with Crippen LogP contribution < -0.4 is 5.32 Å². The van der Waals surface area contributed by atoms with E-state index in [2.05, 4.69) is 31.2 Å². The van der Waals surface area contributed by atoms with Crippen molar-refractivity contribution in [1.82, 2.24) is 15.3 Å². The highest BCUT2D eigenvalue weighted by Gasteiger charge is 2.07. The molecule has 0 aliphatic rings. The number of hydrogen-bond acceptors (Lipinski definition) is 2. The molecule has 0 unspecified atom stereocenters. The van der Waals surface area contributed by atoms with Gasteiger partial charge in [0, 0.05) is 16.6 Å². The predicted molar refractivity (Wildman–Crippen MR) is 81.4 cm³/mol. The smallest absolute Gasteiger partial charge is 0.251 e. The van der Waals surface area contributed by atoms with Gasteiger partial charge in [0.1, 0.15) is 0 Å². The summed E-state index contributed by atoms with van der Waals surface area (Å²) in [4.78, 5) is 19.2. The first-order valence-electron chi connectivity index (χ1n) is 6.18. The lowest BCUT2D eigenvalue weighted by Crippen LogP contribution is -2.22. The highest BCUT2D eigenvalue weighted by Crippen LogP contribution is 2.13. The number of nitrogens with one attached hydrogen (secondary N) is 2. The maximum Gasteiger partial charge on any atom is 0.251 e. The monoisotopic (exact) mass is 329 g/mol. The van der Waals surface area contributed by atoms with E-state index in [9.17, 15) is 4.79 Å². The molecule has 0 bridgehead atoms. The number of rotatable bonds is 3. The van der Waals surface area contributed by atoms with Crippen molar-refractivity contribution in [1.29, 1.82) is 0 Å². The minimum atomic E-state index is -0.0931. The molecule has 3 aromatic rings. The van der Waals surface area contributed by atoms with Gasteiger partial charge in [-0.25, -0.2) is 4.98 Å². The minimum Gasteiger partial charge on any atom is -0.348 e. The average Bonchev–Trinajstić information content (AvgIpc) is 2.93. The summed E-state index contributed by atoms with van der Waals surface area (Å²) in [5, 5.41) is 2.90. The SMILES string of the molecule is O=C(NCc1ccc(Br)cc1)c1ccc2nc[nH]c2c1. The second kappa shape index (κ2) is 5.46. The van der Waals surface area contributed by atoms with Crippen molar-refractivity contribution < 1.29 is 4.79 Å². The molecule has 1 aromatic heterocycles. The maximum atomic E-state index is 12.1. The number of imidazole rings is 1. The van der Waals surface area contributed by atoms with Crippen LogP contribution >= 0.6 is 15.9 Å². The molecule has 4 nitrogen and oxygen atoms in total. The molecule has 0 atom stereocenters. The van der Waals surface area contributed by atoms with Crippen LogP contribution in [0.1, 0.15) is 15.9 Å². The third-order valence-electron chi connectivity index (χ3n) is 3.05. The Kier molecular flexibility index (Phi) is 3.52. The van der Waals surface area contributed by atoms with Crippen molar-refractivity contribution >= 4 is 32.9 Å². The zero-order valence-electron chi connectivity index (χ0n) is 10.6. The summed E-state index contributed by atoms with van der Waals surface area (Å²) >= 11 is 3.38. The van der Waals surface area contributed by atoms with Gasteiger partial charge in [0.2, 0.25) is 0 Å². The number of aromatic nitrogens is 2. The molecular formula is C15H12BrN3O. The van der Waals surface area contributed by atoms with Crippen LogP contribution in [0.15, 0.2) is 53.3 Å². The van der Waals surface area contributed by atoms with Crippen LogP contribution in [-0.2, 0) is 6.54 Å². The summed E-state index contributed by atoms with van der Waals surface area (Å²) in [6.07, 6.45) is 1.62. The zero-order chi connectivity index (χ0) is 13.9. The van der Waals surface area contributed by atoms with Crippen LogP contribution in [0.4, 0.5) is 0 Å². The van der Waals surface area contributed by atoms with Gasteiger partial charge in [0.25, 0.3) is 5.91 Å². The van der Waals surface area contributed by atoms with Gasteiger partial charge in [-0.3, -0.25) is 4.79 Å². The van der Waals surface area contributed by atoms with Gasteiger partial charge in [0.05, 0.1) is 17.4 Å². The summed E-state index contributed by atoms with van der Waals surface area (Å²) < 4.78 is 1.03. The highest BCUT2D eigenvalue weighted by atomic mass is 79.9. The second-order valence-corrected chi connectivity index (χ2v) is 5.36. The fraction of sp³-hybridized carbons (Fsp3) is 0.0667. The van der Waals surface area contributed by atoms with Gasteiger partial charge >= 0.3 is 0 Å². The van der Waals surface area contributed by atoms with E-state index in [1.54, 1.807) is 18.5 Å². The van der Waals surface area contributed by atoms with Gasteiger partial charge < -0.3 is 10.3 Å². The molecule has 0 radical (unpaired) electrons. The van der Waals surface area contributed by atoms with Crippen molar-refractivity contribution in [2.75, 3.05) is 0 Å². The molecule has 0 aliphatic heterocycles. The molecule has 0 saturated carbocycles. The summed E-state index contributed by atoms with van der Waals surface area (Å²) in [5.74, 6) is -0.0931. The van der Waals surface area contributed by atoms with Gasteiger partial charge in [-0.15, -0.1) is 0 Å². The molecule has 1 amide bonds. The first-order chi connectivity index (χ1) is 9.72. The number of H-pyrrole nitrogens is 1. The number of aromatic amines is 1. The van der Waals surface area contributed by atoms with Gasteiger partial charge in [-0.2, -0.15) is 0 Å². The van der Waals surface area contributed by atoms with Crippen LogP contribution in [0, 0.1) is 0 Å². The molecule has 0 spiro atoms. The van der Waals surface area contributed by atoms with E-state index in [0.29, 0.717) is 12.1 Å². The summed E-state index contributed by atoms with van der Waals surface area (Å²) in [6, 6.07) is 13.3. The second-order valence-electron chi connectivity index (χ2n) is 4.44. The van der Waals surface area contributed by atoms with Crippen molar-refractivity contribution in [2.24, 2.45) is 0 Å². The average molecular weight is 330 g/mol. The van der Waals surface area contributed by atoms with E-state index in [1.807, 2.05) is 30.3 Å². The largest absolute Gasteiger partial charge is 0.348 e. The molecule has 2 N–H and O–H groups in total. The molecule has 100 valence electrons. The molecule has 3 rings (SSSR count). The third kappa shape index (κ3) is 2.72. The van der Waals surface area contributed by atoms with Crippen LogP contribution in [0.5, 0.6) is 0 Å². The molecule has 2 aromatic carbocycles. The third-order valence-corrected chi connectivity index (χ3v) is 3.58. The Morgan fingerprint density at radius 2 is 2.00 bits per heavy atom. The number of nitrogens with zero attached hydrogens (tertiary/aromatic N) is 1. The summed E-state index contributed by atoms with van der Waals surface area (Å²) in [6.45, 7) is 0.507. The van der Waals surface area contributed by atoms with E-state index in [0.717, 1.165) is 21.1 Å². The van der Waals surface area contributed by atoms with E-state index in [4.69, 9.17) is 0 Å². The fourth-order valence-corrected chi connectivity index (χ4v) is 2.23. The lowest BCUT2D eigenvalue weighted by Gasteiger charge is -2.05. The van der Waals surface area contributed by atoms with Crippen LogP contribution in [0.2, 0.25) is 0 Å². The van der Waals surface area contributed by atoms with E-state index in [-0.39, 0.29) is 5.91 Å². The Bertz CT molecular complexity index is 749. The number of hydrogen-bond donors (Lipinski definition) is 2. The van der Waals surface area contributed by atoms with Crippen LogP contribution in [0.3, 0.4) is 0 Å². The van der Waals surface area contributed by atoms with E-state index >= 15 is 0 Å². The molecular weight excluding hydrogens is 318 g/mol. The molecule has 0 aliphatic carbocycles. The first-order valence-corrected chi connectivity index (χ1v) is 6.97. The Labute approximate surface area is 124 Å². The molecule has 0 saturated heterocycles. The van der Waals surface area contributed by atoms with Crippen molar-refractivity contribution in [3.8, 4) is 0 Å².